The van der Waals surface area contributed by atoms with Crippen molar-refractivity contribution in [3.8, 4) is 0 Å². The van der Waals surface area contributed by atoms with Gasteiger partial charge in [-0.1, -0.05) is 61.3 Å². The number of ketones is 2. The van der Waals surface area contributed by atoms with E-state index in [4.69, 9.17) is 47.4 Å². The van der Waals surface area contributed by atoms with E-state index in [9.17, 15) is 57.5 Å². The summed E-state index contributed by atoms with van der Waals surface area (Å²) in [4.78, 5) is 151. The molecule has 0 amide bonds. The van der Waals surface area contributed by atoms with Crippen LogP contribution in [0.4, 0.5) is 0 Å². The molecule has 764 valence electrons. The molecule has 0 spiro atoms. The lowest BCUT2D eigenvalue weighted by atomic mass is 9.42. The predicted molar refractivity (Wildman–Crippen MR) is 514 cm³/mol. The van der Waals surface area contributed by atoms with Gasteiger partial charge in [-0.25, -0.2) is 14.4 Å². The maximum atomic E-state index is 13.6. The highest BCUT2D eigenvalue weighted by atomic mass is 16.6. The summed E-state index contributed by atoms with van der Waals surface area (Å²) >= 11 is 0. The van der Waals surface area contributed by atoms with Gasteiger partial charge in [0.25, 0.3) is 0 Å². The molecule has 0 aromatic heterocycles. The van der Waals surface area contributed by atoms with Crippen LogP contribution in [0.25, 0.3) is 0 Å². The Kier molecular flexibility index (Phi) is 33.8. The van der Waals surface area contributed by atoms with E-state index in [1.54, 1.807) is 20.8 Å². The lowest BCUT2D eigenvalue weighted by Crippen LogP contribution is -2.59. The number of carbonyl (C=O) groups excluding carboxylic acids is 12. The molecular weight excluding hydrogens is 1710 g/mol. The molecule has 20 bridgehead atoms. The standard InChI is InChI=1S/C32H50O6.2C21H34O4.C20H32O4.C19H30O4/c1-6-30(2,3)29(36)38-14-13-37-28(35)25-10-8-7-9-24(25)26(33)11-12-27(34)31(4,5)32-18-21-15-22(19-32)17-23(16-21)20-32;1-7-19(2,3)17(22)24-20(4,5)18(23)25-21(6)15-9-13-8-14(11-15)12-16(21)10-13;1-5-20(2,3)19(23)24-8-6-7-18(22)25-21(4)16-10-14-9-15(12-16)13-17(21)11-14;1-6-19(3,4)18(22)23-12(2)17(21)24-20(5)15-8-13-7-14(10-15)11-16(20)9-13;1-5-18(2,3)17(21)22-11-16(20)23-19(4)14-7-12-6-13(9-14)10-15(19)8-12/h21-25H,6-20H2,1-5H3;13-16H,7-12H2,1-6H3;14-17H,5-13H2,1-4H3;12-16H,6-11H2,1-5H3;12-15H,5-11H2,1-4H3. The first-order valence-electron chi connectivity index (χ1n) is 54.1. The highest BCUT2D eigenvalue weighted by Gasteiger charge is 2.64. The number of Topliss-reactive ketones (excluding diaryl/α,β-unsaturated/α-hetero) is 2. The van der Waals surface area contributed by atoms with E-state index in [0.29, 0.717) is 105 Å². The van der Waals surface area contributed by atoms with Gasteiger partial charge in [-0.05, 0) is 454 Å². The normalized spacial score (nSPS) is 36.2. The van der Waals surface area contributed by atoms with Gasteiger partial charge in [0.2, 0.25) is 5.60 Å². The minimum atomic E-state index is -1.25. The average Bonchev–Trinajstić information content (AvgIpc) is 0.720. The summed E-state index contributed by atoms with van der Waals surface area (Å²) in [6, 6.07) is 0. The molecule has 0 heterocycles. The van der Waals surface area contributed by atoms with Crippen molar-refractivity contribution < 1.29 is 105 Å². The molecule has 21 fully saturated rings. The maximum absolute atomic E-state index is 13.6. The van der Waals surface area contributed by atoms with Crippen molar-refractivity contribution in [2.75, 3.05) is 26.4 Å². The van der Waals surface area contributed by atoms with Crippen molar-refractivity contribution in [3.05, 3.63) is 0 Å². The Morgan fingerprint density at radius 1 is 0.319 bits per heavy atom. The summed E-state index contributed by atoms with van der Waals surface area (Å²) in [7, 11) is 0. The molecule has 0 aromatic rings. The molecule has 21 rings (SSSR count). The van der Waals surface area contributed by atoms with E-state index in [2.05, 4.69) is 41.5 Å². The summed E-state index contributed by atoms with van der Waals surface area (Å²) < 4.78 is 56.2. The second-order valence-electron chi connectivity index (χ2n) is 51.7. The summed E-state index contributed by atoms with van der Waals surface area (Å²) in [5.74, 6) is 9.30. The molecule has 21 aliphatic rings. The van der Waals surface area contributed by atoms with E-state index in [-0.39, 0.29) is 126 Å². The van der Waals surface area contributed by atoms with Gasteiger partial charge >= 0.3 is 59.7 Å². The van der Waals surface area contributed by atoms with Crippen LogP contribution < -0.4 is 0 Å². The molecule has 0 aromatic carbocycles. The van der Waals surface area contributed by atoms with Crippen molar-refractivity contribution in [1.82, 2.24) is 0 Å². The number of ether oxygens (including phenoxy) is 10. The molecule has 3 atom stereocenters. The van der Waals surface area contributed by atoms with Gasteiger partial charge in [0.1, 0.15) is 47.2 Å². The number of hydrogen-bond donors (Lipinski definition) is 0. The Hall–Kier alpha value is -5.96. The van der Waals surface area contributed by atoms with E-state index in [1.807, 2.05) is 104 Å². The largest absolute Gasteiger partial charge is 0.465 e. The predicted octanol–water partition coefficient (Wildman–Crippen LogP) is 23.3. The lowest BCUT2D eigenvalue weighted by molar-refractivity contribution is -0.221. The topological polar surface area (TPSA) is 297 Å². The summed E-state index contributed by atoms with van der Waals surface area (Å²) in [5, 5.41) is 0. The number of carbonyl (C=O) groups is 12. The third kappa shape index (κ3) is 24.0. The summed E-state index contributed by atoms with van der Waals surface area (Å²) in [6.07, 6.45) is 39.4. The molecule has 0 saturated heterocycles. The second-order valence-corrected chi connectivity index (χ2v) is 51.7. The molecule has 21 saturated carbocycles. The smallest absolute Gasteiger partial charge is 0.350 e. The number of hydrogen-bond acceptors (Lipinski definition) is 22. The Morgan fingerprint density at radius 3 is 1.01 bits per heavy atom. The van der Waals surface area contributed by atoms with Crippen LogP contribution in [0.5, 0.6) is 0 Å². The minimum Gasteiger partial charge on any atom is -0.465 e. The molecule has 22 nitrogen and oxygen atoms in total. The van der Waals surface area contributed by atoms with Gasteiger partial charge in [0.15, 0.2) is 12.7 Å². The van der Waals surface area contributed by atoms with E-state index in [1.165, 1.54) is 167 Å². The molecule has 135 heavy (non-hydrogen) atoms. The van der Waals surface area contributed by atoms with Crippen LogP contribution in [0.15, 0.2) is 0 Å². The van der Waals surface area contributed by atoms with Gasteiger partial charge in [0.05, 0.1) is 39.6 Å². The zero-order chi connectivity index (χ0) is 99.1. The van der Waals surface area contributed by atoms with E-state index < -0.39 is 61.7 Å². The maximum Gasteiger partial charge on any atom is 0.350 e. The van der Waals surface area contributed by atoms with Crippen LogP contribution in [0.2, 0.25) is 0 Å². The van der Waals surface area contributed by atoms with Crippen molar-refractivity contribution >= 4 is 71.3 Å². The van der Waals surface area contributed by atoms with Crippen LogP contribution >= 0.6 is 0 Å². The Balaban J connectivity index is 0.000000154. The molecule has 0 N–H and O–H groups in total. The number of esters is 10. The lowest BCUT2D eigenvalue weighted by Gasteiger charge is -2.62. The first-order valence-corrected chi connectivity index (χ1v) is 54.1. The van der Waals surface area contributed by atoms with Gasteiger partial charge < -0.3 is 47.4 Å². The zero-order valence-electron chi connectivity index (χ0n) is 88.1. The molecule has 3 unspecified atom stereocenters. The average molecular weight is 1890 g/mol. The van der Waals surface area contributed by atoms with Crippen molar-refractivity contribution in [3.63, 3.8) is 0 Å². The minimum absolute atomic E-state index is 0.000478. The molecule has 21 aliphatic carbocycles. The Labute approximate surface area is 811 Å². The second kappa shape index (κ2) is 42.3. The Bertz CT molecular complexity index is 4070. The fraction of sp³-hybridized carbons (Fsp3) is 0.894. The van der Waals surface area contributed by atoms with Gasteiger partial charge in [0, 0.05) is 30.6 Å². The van der Waals surface area contributed by atoms with Gasteiger partial charge in [-0.2, -0.15) is 0 Å². The highest BCUT2D eigenvalue weighted by molar-refractivity contribution is 5.93. The third-order valence-electron chi connectivity index (χ3n) is 39.8. The quantitative estimate of drug-likeness (QED) is 0.0328. The van der Waals surface area contributed by atoms with E-state index in [0.717, 1.165) is 84.4 Å². The molecule has 22 heteroatoms. The fourth-order valence-electron chi connectivity index (χ4n) is 29.0. The van der Waals surface area contributed by atoms with Crippen molar-refractivity contribution in [1.29, 1.82) is 0 Å². The molecule has 0 radical (unpaired) electrons. The SMILES string of the molecule is CCC(C)(C)C(=O)OC(C)(C)C(=O)OC1(C)C2CC3CC(C2)CC1C3.CCC(C)(C)C(=O)OC(C)C(=O)OC1(C)C2CC3CC(C2)CC1C3.CCC(C)(C)C(=O)OCC(=O)OC1(C)C2CC3CC(C2)CC1C3.CCC(C)(C)C(=O)OCCCC(=O)OC1(C)C2CC3CC(C2)CC1C3.CCC(C)(C)C(=O)OCCOC(=O)C1CCCCC1C(=O)CCC(=O)C(C)(C)C12CC3CC(CC(C3)C1)C2. The summed E-state index contributed by atoms with van der Waals surface area (Å²) in [5.41, 5.74) is -5.64. The molecule has 0 aliphatic heterocycles. The van der Waals surface area contributed by atoms with E-state index >= 15 is 0 Å². The van der Waals surface area contributed by atoms with Crippen LogP contribution in [-0.4, -0.2) is 132 Å². The highest BCUT2D eigenvalue weighted by Crippen LogP contribution is 2.68. The van der Waals surface area contributed by atoms with Crippen LogP contribution in [0.3, 0.4) is 0 Å². The first kappa shape index (κ1) is 108. The van der Waals surface area contributed by atoms with Gasteiger partial charge in [-0.3, -0.25) is 43.2 Å². The van der Waals surface area contributed by atoms with Gasteiger partial charge in [-0.15, -0.1) is 0 Å². The van der Waals surface area contributed by atoms with Crippen LogP contribution in [-0.2, 0) is 105 Å². The first-order chi connectivity index (χ1) is 63.0. The number of rotatable bonds is 34. The van der Waals surface area contributed by atoms with Crippen molar-refractivity contribution in [2.24, 2.45) is 162 Å². The zero-order valence-corrected chi connectivity index (χ0v) is 88.1. The van der Waals surface area contributed by atoms with Crippen LogP contribution in [0.1, 0.15) is 417 Å². The fourth-order valence-corrected chi connectivity index (χ4v) is 29.0. The van der Waals surface area contributed by atoms with Crippen molar-refractivity contribution in [2.45, 2.75) is 451 Å². The molecular formula is C113H180O22. The Morgan fingerprint density at radius 2 is 0.630 bits per heavy atom. The van der Waals surface area contributed by atoms with Crippen LogP contribution in [0, 0.1) is 162 Å². The monoisotopic (exact) mass is 1890 g/mol. The third-order valence-corrected chi connectivity index (χ3v) is 39.8. The summed E-state index contributed by atoms with van der Waals surface area (Å²) in [6.45, 7) is 46.0.